The van der Waals surface area contributed by atoms with Crippen LogP contribution in [0.5, 0.6) is 5.75 Å². The maximum atomic E-state index is 10.1. The van der Waals surface area contributed by atoms with Crippen molar-refractivity contribution in [3.8, 4) is 5.75 Å². The van der Waals surface area contributed by atoms with Crippen LogP contribution in [0.1, 0.15) is 22.9 Å². The molecule has 84 valence electrons. The summed E-state index contributed by atoms with van der Waals surface area (Å²) >= 11 is 0. The molecule has 0 spiro atoms. The molecule has 1 aromatic carbocycles. The lowest BCUT2D eigenvalue weighted by Gasteiger charge is -2.12. The second-order valence-corrected chi connectivity index (χ2v) is 3.76. The van der Waals surface area contributed by atoms with Crippen LogP contribution in [-0.2, 0) is 0 Å². The van der Waals surface area contributed by atoms with E-state index in [1.807, 2.05) is 37.3 Å². The van der Waals surface area contributed by atoms with Gasteiger partial charge in [-0.25, -0.2) is 0 Å². The molecule has 0 saturated heterocycles. The summed E-state index contributed by atoms with van der Waals surface area (Å²) in [5.41, 5.74) is 2.67. The number of hydrogen-bond acceptors (Lipinski definition) is 2. The molecule has 2 rings (SSSR count). The van der Waals surface area contributed by atoms with Crippen LogP contribution in [0.15, 0.2) is 36.5 Å². The first-order valence-electron chi connectivity index (χ1n) is 5.18. The molecule has 2 N–H and O–H groups in total. The normalized spacial score (nSPS) is 12.4. The minimum Gasteiger partial charge on any atom is -0.496 e. The quantitative estimate of drug-likeness (QED) is 0.829. The van der Waals surface area contributed by atoms with E-state index in [2.05, 4.69) is 4.98 Å². The van der Waals surface area contributed by atoms with Crippen LogP contribution >= 0.6 is 0 Å². The lowest BCUT2D eigenvalue weighted by Crippen LogP contribution is -2.00. The molecule has 0 aliphatic heterocycles. The lowest BCUT2D eigenvalue weighted by atomic mass is 10.0. The summed E-state index contributed by atoms with van der Waals surface area (Å²) in [6, 6.07) is 9.44. The topological polar surface area (TPSA) is 45.2 Å². The average Bonchev–Trinajstić information content (AvgIpc) is 2.82. The highest BCUT2D eigenvalue weighted by Gasteiger charge is 2.12. The standard InChI is InChI=1S/C13H15NO2/c1-9-5-6-10(8-12(9)16-2)13(15)11-4-3-7-14-11/h3-8,13-15H,1-2H3. The van der Waals surface area contributed by atoms with E-state index >= 15 is 0 Å². The van der Waals surface area contributed by atoms with E-state index in [4.69, 9.17) is 4.74 Å². The monoisotopic (exact) mass is 217 g/mol. The molecule has 3 heteroatoms. The van der Waals surface area contributed by atoms with Crippen molar-refractivity contribution in [2.75, 3.05) is 7.11 Å². The SMILES string of the molecule is COc1cc(C(O)c2ccc[nH]2)ccc1C. The summed E-state index contributed by atoms with van der Waals surface area (Å²) < 4.78 is 5.23. The zero-order chi connectivity index (χ0) is 11.5. The van der Waals surface area contributed by atoms with Crippen LogP contribution in [0.2, 0.25) is 0 Å². The Balaban J connectivity index is 2.34. The number of ether oxygens (including phenoxy) is 1. The van der Waals surface area contributed by atoms with Gasteiger partial charge in [-0.1, -0.05) is 12.1 Å². The smallest absolute Gasteiger partial charge is 0.122 e. The van der Waals surface area contributed by atoms with Gasteiger partial charge in [0.15, 0.2) is 0 Å². The van der Waals surface area contributed by atoms with Gasteiger partial charge in [0.25, 0.3) is 0 Å². The number of aromatic amines is 1. The Hall–Kier alpha value is -1.74. The van der Waals surface area contributed by atoms with Crippen molar-refractivity contribution in [1.29, 1.82) is 0 Å². The summed E-state index contributed by atoms with van der Waals surface area (Å²) in [4.78, 5) is 3.00. The average molecular weight is 217 g/mol. The Labute approximate surface area is 94.7 Å². The van der Waals surface area contributed by atoms with Crippen molar-refractivity contribution < 1.29 is 9.84 Å². The van der Waals surface area contributed by atoms with Crippen molar-refractivity contribution in [2.24, 2.45) is 0 Å². The molecule has 0 radical (unpaired) electrons. The zero-order valence-corrected chi connectivity index (χ0v) is 9.40. The molecule has 0 aliphatic rings. The van der Waals surface area contributed by atoms with Crippen molar-refractivity contribution >= 4 is 0 Å². The van der Waals surface area contributed by atoms with Crippen molar-refractivity contribution in [2.45, 2.75) is 13.0 Å². The van der Waals surface area contributed by atoms with E-state index < -0.39 is 6.10 Å². The van der Waals surface area contributed by atoms with Crippen LogP contribution in [0.3, 0.4) is 0 Å². The molecule has 0 aliphatic carbocycles. The molecule has 2 aromatic rings. The number of benzene rings is 1. The van der Waals surface area contributed by atoms with E-state index in [0.717, 1.165) is 22.6 Å². The molecule has 3 nitrogen and oxygen atoms in total. The Morgan fingerprint density at radius 2 is 2.12 bits per heavy atom. The van der Waals surface area contributed by atoms with E-state index in [1.54, 1.807) is 13.3 Å². The molecule has 16 heavy (non-hydrogen) atoms. The van der Waals surface area contributed by atoms with Gasteiger partial charge in [0.2, 0.25) is 0 Å². The number of hydrogen-bond donors (Lipinski definition) is 2. The third kappa shape index (κ3) is 1.95. The van der Waals surface area contributed by atoms with Gasteiger partial charge in [0.1, 0.15) is 11.9 Å². The number of aliphatic hydroxyl groups is 1. The van der Waals surface area contributed by atoms with E-state index in [1.165, 1.54) is 0 Å². The fourth-order valence-electron chi connectivity index (χ4n) is 1.70. The van der Waals surface area contributed by atoms with Crippen molar-refractivity contribution in [3.63, 3.8) is 0 Å². The van der Waals surface area contributed by atoms with Crippen LogP contribution in [-0.4, -0.2) is 17.2 Å². The van der Waals surface area contributed by atoms with Gasteiger partial charge in [0, 0.05) is 11.9 Å². The van der Waals surface area contributed by atoms with E-state index in [0.29, 0.717) is 0 Å². The molecule has 0 amide bonds. The Kier molecular flexibility index (Phi) is 2.97. The minimum absolute atomic E-state index is 0.635. The minimum atomic E-state index is -0.635. The summed E-state index contributed by atoms with van der Waals surface area (Å²) in [7, 11) is 1.63. The predicted octanol–water partition coefficient (Wildman–Crippen LogP) is 2.41. The Morgan fingerprint density at radius 3 is 2.75 bits per heavy atom. The highest BCUT2D eigenvalue weighted by atomic mass is 16.5. The van der Waals surface area contributed by atoms with Crippen LogP contribution in [0, 0.1) is 6.92 Å². The second-order valence-electron chi connectivity index (χ2n) is 3.76. The van der Waals surface area contributed by atoms with E-state index in [-0.39, 0.29) is 0 Å². The molecule has 1 aromatic heterocycles. The zero-order valence-electron chi connectivity index (χ0n) is 9.40. The number of aliphatic hydroxyl groups excluding tert-OH is 1. The summed E-state index contributed by atoms with van der Waals surface area (Å²) in [6.07, 6.45) is 1.16. The molecule has 1 heterocycles. The van der Waals surface area contributed by atoms with Gasteiger partial charge in [0.05, 0.1) is 7.11 Å². The van der Waals surface area contributed by atoms with Crippen molar-refractivity contribution in [3.05, 3.63) is 53.3 Å². The van der Waals surface area contributed by atoms with Gasteiger partial charge in [-0.05, 0) is 36.2 Å². The highest BCUT2D eigenvalue weighted by Crippen LogP contribution is 2.26. The van der Waals surface area contributed by atoms with Crippen LogP contribution < -0.4 is 4.74 Å². The second kappa shape index (κ2) is 4.41. The number of methoxy groups -OCH3 is 1. The van der Waals surface area contributed by atoms with Gasteiger partial charge in [-0.3, -0.25) is 0 Å². The summed E-state index contributed by atoms with van der Waals surface area (Å²) in [5.74, 6) is 0.795. The molecule has 0 saturated carbocycles. The molecular weight excluding hydrogens is 202 g/mol. The summed E-state index contributed by atoms with van der Waals surface area (Å²) in [6.45, 7) is 1.98. The Morgan fingerprint density at radius 1 is 1.31 bits per heavy atom. The molecule has 0 bridgehead atoms. The van der Waals surface area contributed by atoms with Crippen LogP contribution in [0.25, 0.3) is 0 Å². The number of nitrogens with one attached hydrogen (secondary N) is 1. The van der Waals surface area contributed by atoms with Crippen molar-refractivity contribution in [1.82, 2.24) is 4.98 Å². The molecule has 1 unspecified atom stereocenters. The van der Waals surface area contributed by atoms with Gasteiger partial charge in [-0.2, -0.15) is 0 Å². The molecular formula is C13H15NO2. The third-order valence-corrected chi connectivity index (χ3v) is 2.66. The fourth-order valence-corrected chi connectivity index (χ4v) is 1.70. The maximum absolute atomic E-state index is 10.1. The Bertz CT molecular complexity index is 463. The first-order chi connectivity index (χ1) is 7.72. The summed E-state index contributed by atoms with van der Waals surface area (Å²) in [5, 5.41) is 10.1. The first kappa shape index (κ1) is 10.8. The van der Waals surface area contributed by atoms with Gasteiger partial charge < -0.3 is 14.8 Å². The third-order valence-electron chi connectivity index (χ3n) is 2.66. The van der Waals surface area contributed by atoms with Gasteiger partial charge >= 0.3 is 0 Å². The largest absolute Gasteiger partial charge is 0.496 e. The van der Waals surface area contributed by atoms with Crippen LogP contribution in [0.4, 0.5) is 0 Å². The van der Waals surface area contributed by atoms with Gasteiger partial charge in [-0.15, -0.1) is 0 Å². The van der Waals surface area contributed by atoms with E-state index in [9.17, 15) is 5.11 Å². The predicted molar refractivity (Wildman–Crippen MR) is 62.6 cm³/mol. The number of aromatic nitrogens is 1. The fraction of sp³-hybridized carbons (Fsp3) is 0.231. The number of rotatable bonds is 3. The molecule has 0 fully saturated rings. The first-order valence-corrected chi connectivity index (χ1v) is 5.18. The maximum Gasteiger partial charge on any atom is 0.122 e. The number of aryl methyl sites for hydroxylation is 1. The highest BCUT2D eigenvalue weighted by molar-refractivity contribution is 5.39. The lowest BCUT2D eigenvalue weighted by molar-refractivity contribution is 0.215. The molecule has 1 atom stereocenters. The number of H-pyrrole nitrogens is 1.